The van der Waals surface area contributed by atoms with Crippen LogP contribution in [0, 0.1) is 0 Å². The molecule has 0 unspecified atom stereocenters. The molecule has 1 N–H and O–H groups in total. The Balaban J connectivity index is 1.94. The quantitative estimate of drug-likeness (QED) is 0.815. The lowest BCUT2D eigenvalue weighted by molar-refractivity contribution is -0.0590. The van der Waals surface area contributed by atoms with Crippen LogP contribution in [0.1, 0.15) is 56.3 Å². The molecule has 2 atom stereocenters. The second-order valence-electron chi connectivity index (χ2n) is 6.37. The van der Waals surface area contributed by atoms with Gasteiger partial charge >= 0.3 is 0 Å². The summed E-state index contributed by atoms with van der Waals surface area (Å²) in [6.45, 7) is 9.67. The Labute approximate surface area is 137 Å². The Bertz CT molecular complexity index is 547. The van der Waals surface area contributed by atoms with E-state index >= 15 is 0 Å². The van der Waals surface area contributed by atoms with Gasteiger partial charge in [0.1, 0.15) is 6.10 Å². The van der Waals surface area contributed by atoms with E-state index in [1.807, 2.05) is 33.8 Å². The standard InChI is InChI=1S/C17H26N2O4/c1-11(2)5-8-22-16-10-21-7-6-13(16)18-17(20)15-9-14(12(3)4)19-23-15/h5,9,12-13,16H,6-8,10H2,1-4H3,(H,18,20)/t13-,16-/m0/s1. The zero-order chi connectivity index (χ0) is 16.8. The van der Waals surface area contributed by atoms with Crippen LogP contribution < -0.4 is 5.32 Å². The van der Waals surface area contributed by atoms with Crippen LogP contribution in [0.5, 0.6) is 0 Å². The van der Waals surface area contributed by atoms with E-state index in [4.69, 9.17) is 14.0 Å². The molecule has 1 fully saturated rings. The molecule has 0 aromatic carbocycles. The van der Waals surface area contributed by atoms with Crippen LogP contribution in [0.4, 0.5) is 0 Å². The minimum absolute atomic E-state index is 0.0885. The summed E-state index contributed by atoms with van der Waals surface area (Å²) < 4.78 is 16.4. The van der Waals surface area contributed by atoms with Crippen LogP contribution in [-0.4, -0.2) is 43.0 Å². The number of hydrogen-bond donors (Lipinski definition) is 1. The first-order chi connectivity index (χ1) is 11.0. The summed E-state index contributed by atoms with van der Waals surface area (Å²) in [6, 6.07) is 1.60. The first kappa shape index (κ1) is 17.7. The summed E-state index contributed by atoms with van der Waals surface area (Å²) in [7, 11) is 0. The summed E-state index contributed by atoms with van der Waals surface area (Å²) >= 11 is 0. The van der Waals surface area contributed by atoms with Crippen molar-refractivity contribution in [3.63, 3.8) is 0 Å². The first-order valence-corrected chi connectivity index (χ1v) is 8.07. The molecule has 1 saturated heterocycles. The maximum Gasteiger partial charge on any atom is 0.290 e. The van der Waals surface area contributed by atoms with Gasteiger partial charge in [-0.05, 0) is 26.2 Å². The Kier molecular flexibility index (Phi) is 6.36. The highest BCUT2D eigenvalue weighted by atomic mass is 16.5. The van der Waals surface area contributed by atoms with Gasteiger partial charge in [0, 0.05) is 12.7 Å². The van der Waals surface area contributed by atoms with Crippen molar-refractivity contribution < 1.29 is 18.8 Å². The predicted molar refractivity (Wildman–Crippen MR) is 86.5 cm³/mol. The number of amides is 1. The number of nitrogens with zero attached hydrogens (tertiary/aromatic N) is 1. The smallest absolute Gasteiger partial charge is 0.290 e. The van der Waals surface area contributed by atoms with Crippen LogP contribution in [0.2, 0.25) is 0 Å². The van der Waals surface area contributed by atoms with Gasteiger partial charge in [0.15, 0.2) is 0 Å². The highest BCUT2D eigenvalue weighted by molar-refractivity contribution is 5.91. The molecule has 1 aliphatic rings. The number of nitrogens with one attached hydrogen (secondary N) is 1. The maximum absolute atomic E-state index is 12.3. The summed E-state index contributed by atoms with van der Waals surface area (Å²) in [5, 5.41) is 6.90. The molecule has 1 aromatic rings. The lowest BCUT2D eigenvalue weighted by Gasteiger charge is -2.31. The molecule has 2 heterocycles. The molecule has 1 amide bonds. The summed E-state index contributed by atoms with van der Waals surface area (Å²) in [4.78, 5) is 12.3. The highest BCUT2D eigenvalue weighted by Gasteiger charge is 2.29. The Morgan fingerprint density at radius 2 is 2.30 bits per heavy atom. The molecule has 0 radical (unpaired) electrons. The number of carbonyl (C=O) groups is 1. The van der Waals surface area contributed by atoms with Gasteiger partial charge in [0.2, 0.25) is 5.76 Å². The fraction of sp³-hybridized carbons (Fsp3) is 0.647. The highest BCUT2D eigenvalue weighted by Crippen LogP contribution is 2.16. The van der Waals surface area contributed by atoms with Gasteiger partial charge < -0.3 is 19.3 Å². The van der Waals surface area contributed by atoms with Gasteiger partial charge in [-0.15, -0.1) is 0 Å². The molecule has 1 aromatic heterocycles. The average molecular weight is 322 g/mol. The van der Waals surface area contributed by atoms with Gasteiger partial charge in [-0.3, -0.25) is 4.79 Å². The molecule has 23 heavy (non-hydrogen) atoms. The molecule has 128 valence electrons. The Hall–Kier alpha value is -1.66. The van der Waals surface area contributed by atoms with Crippen molar-refractivity contribution in [1.82, 2.24) is 10.5 Å². The van der Waals surface area contributed by atoms with E-state index in [0.29, 0.717) is 19.8 Å². The molecule has 1 aliphatic heterocycles. The van der Waals surface area contributed by atoms with Gasteiger partial charge in [-0.1, -0.05) is 30.7 Å². The van der Waals surface area contributed by atoms with Crippen molar-refractivity contribution in [2.24, 2.45) is 0 Å². The van der Waals surface area contributed by atoms with Gasteiger partial charge in [-0.2, -0.15) is 0 Å². The van der Waals surface area contributed by atoms with Crippen LogP contribution in [0.3, 0.4) is 0 Å². The summed E-state index contributed by atoms with van der Waals surface area (Å²) in [5.41, 5.74) is 1.98. The number of rotatable bonds is 6. The van der Waals surface area contributed by atoms with E-state index in [2.05, 4.69) is 10.5 Å². The number of ether oxygens (including phenoxy) is 2. The topological polar surface area (TPSA) is 73.6 Å². The number of hydrogen-bond acceptors (Lipinski definition) is 5. The molecule has 6 heteroatoms. The van der Waals surface area contributed by atoms with E-state index in [1.54, 1.807) is 6.07 Å². The second kappa shape index (κ2) is 8.26. The van der Waals surface area contributed by atoms with Crippen LogP contribution >= 0.6 is 0 Å². The molecule has 6 nitrogen and oxygen atoms in total. The number of aromatic nitrogens is 1. The molecule has 0 bridgehead atoms. The monoisotopic (exact) mass is 322 g/mol. The summed E-state index contributed by atoms with van der Waals surface area (Å²) in [6.07, 6.45) is 2.57. The van der Waals surface area contributed by atoms with Gasteiger partial charge in [0.05, 0.1) is 24.9 Å². The second-order valence-corrected chi connectivity index (χ2v) is 6.37. The van der Waals surface area contributed by atoms with Crippen molar-refractivity contribution in [2.45, 2.75) is 52.2 Å². The number of carbonyl (C=O) groups excluding carboxylic acids is 1. The maximum atomic E-state index is 12.3. The van der Waals surface area contributed by atoms with E-state index < -0.39 is 0 Å². The third kappa shape index (κ3) is 5.18. The van der Waals surface area contributed by atoms with Crippen LogP contribution in [-0.2, 0) is 9.47 Å². The Morgan fingerprint density at radius 1 is 1.52 bits per heavy atom. The zero-order valence-corrected chi connectivity index (χ0v) is 14.3. The lowest BCUT2D eigenvalue weighted by atomic mass is 10.1. The lowest BCUT2D eigenvalue weighted by Crippen LogP contribution is -2.50. The van der Waals surface area contributed by atoms with Crippen LogP contribution in [0.25, 0.3) is 0 Å². The SMILES string of the molecule is CC(C)=CCO[C@H]1COCC[C@@H]1NC(=O)c1cc(C(C)C)no1. The van der Waals surface area contributed by atoms with E-state index in [9.17, 15) is 4.79 Å². The minimum Gasteiger partial charge on any atom is -0.379 e. The summed E-state index contributed by atoms with van der Waals surface area (Å²) in [5.74, 6) is 0.207. The normalized spacial score (nSPS) is 21.3. The first-order valence-electron chi connectivity index (χ1n) is 8.07. The molecule has 0 spiro atoms. The predicted octanol–water partition coefficient (Wildman–Crippen LogP) is 2.67. The zero-order valence-electron chi connectivity index (χ0n) is 14.3. The molecule has 0 aliphatic carbocycles. The average Bonchev–Trinajstić information content (AvgIpc) is 2.99. The van der Waals surface area contributed by atoms with Crippen molar-refractivity contribution >= 4 is 5.91 Å². The Morgan fingerprint density at radius 3 is 2.96 bits per heavy atom. The van der Waals surface area contributed by atoms with Crippen molar-refractivity contribution in [2.75, 3.05) is 19.8 Å². The molecule has 0 saturated carbocycles. The van der Waals surface area contributed by atoms with Crippen molar-refractivity contribution in [1.29, 1.82) is 0 Å². The fourth-order valence-electron chi connectivity index (χ4n) is 2.29. The van der Waals surface area contributed by atoms with E-state index in [1.165, 1.54) is 5.57 Å². The van der Waals surface area contributed by atoms with Crippen molar-refractivity contribution in [3.8, 4) is 0 Å². The van der Waals surface area contributed by atoms with Gasteiger partial charge in [0.25, 0.3) is 5.91 Å². The van der Waals surface area contributed by atoms with E-state index in [0.717, 1.165) is 12.1 Å². The largest absolute Gasteiger partial charge is 0.379 e. The fourth-order valence-corrected chi connectivity index (χ4v) is 2.29. The molecular weight excluding hydrogens is 296 g/mol. The third-order valence-electron chi connectivity index (χ3n) is 3.77. The van der Waals surface area contributed by atoms with E-state index in [-0.39, 0.29) is 29.7 Å². The van der Waals surface area contributed by atoms with Gasteiger partial charge in [-0.25, -0.2) is 0 Å². The molecular formula is C17H26N2O4. The van der Waals surface area contributed by atoms with Crippen LogP contribution in [0.15, 0.2) is 22.2 Å². The number of allylic oxidation sites excluding steroid dienone is 1. The third-order valence-corrected chi connectivity index (χ3v) is 3.77. The minimum atomic E-state index is -0.257. The van der Waals surface area contributed by atoms with Crippen molar-refractivity contribution in [3.05, 3.63) is 29.2 Å². The molecule has 2 rings (SSSR count).